The minimum Gasteiger partial charge on any atom is -0.277 e. The first-order valence-corrected chi connectivity index (χ1v) is 9.67. The van der Waals surface area contributed by atoms with Crippen LogP contribution >= 0.6 is 0 Å². The number of H-pyrrole nitrogens is 1. The summed E-state index contributed by atoms with van der Waals surface area (Å²) in [6, 6.07) is 13.7. The van der Waals surface area contributed by atoms with Gasteiger partial charge in [-0.2, -0.15) is 5.10 Å². The summed E-state index contributed by atoms with van der Waals surface area (Å²) in [5, 5.41) is 8.72. The van der Waals surface area contributed by atoms with Crippen LogP contribution in [0.1, 0.15) is 22.5 Å². The third-order valence-corrected chi connectivity index (χ3v) is 5.28. The molecule has 0 unspecified atom stereocenters. The molecule has 30 heavy (non-hydrogen) atoms. The molecule has 0 saturated heterocycles. The van der Waals surface area contributed by atoms with Crippen molar-refractivity contribution in [2.75, 3.05) is 0 Å². The van der Waals surface area contributed by atoms with E-state index in [-0.39, 0.29) is 5.56 Å². The lowest BCUT2D eigenvalue weighted by Gasteiger charge is -2.16. The molecule has 0 aliphatic heterocycles. The zero-order valence-corrected chi connectivity index (χ0v) is 16.6. The summed E-state index contributed by atoms with van der Waals surface area (Å²) in [4.78, 5) is 22.4. The Bertz CT molecular complexity index is 1470. The van der Waals surface area contributed by atoms with Gasteiger partial charge in [0.2, 0.25) is 0 Å². The molecular formula is C24H19N5O. The molecule has 0 saturated carbocycles. The Balaban J connectivity index is 1.79. The maximum atomic E-state index is 13.5. The number of nitrogens with one attached hydrogen (secondary N) is 1. The largest absolute Gasteiger partial charge is 0.277 e. The van der Waals surface area contributed by atoms with Gasteiger partial charge >= 0.3 is 0 Å². The molecule has 5 rings (SSSR count). The van der Waals surface area contributed by atoms with Crippen LogP contribution < -0.4 is 5.56 Å². The first kappa shape index (κ1) is 18.0. The maximum Gasteiger partial charge on any atom is 0.266 e. The van der Waals surface area contributed by atoms with Crippen molar-refractivity contribution < 1.29 is 0 Å². The number of aromatic amines is 1. The standard InChI is InChI=1S/C24H19N5O/c1-15-5-3-6-16(2)23(15)29-21(27-20-14-25-12-11-19(20)24(29)30)10-9-17-7-4-8-18-13-26-28-22(17)18/h3-14H,1-2H3,(H,26,28)/b10-9+. The van der Waals surface area contributed by atoms with Gasteiger partial charge in [0, 0.05) is 17.1 Å². The van der Waals surface area contributed by atoms with Crippen LogP contribution in [0.25, 0.3) is 39.6 Å². The first-order chi connectivity index (χ1) is 14.6. The normalized spacial score (nSPS) is 11.7. The van der Waals surface area contributed by atoms with E-state index in [1.807, 2.05) is 62.4 Å². The van der Waals surface area contributed by atoms with E-state index in [4.69, 9.17) is 4.98 Å². The zero-order valence-electron chi connectivity index (χ0n) is 16.6. The summed E-state index contributed by atoms with van der Waals surface area (Å²) in [6.07, 6.45) is 8.86. The van der Waals surface area contributed by atoms with Gasteiger partial charge in [-0.15, -0.1) is 0 Å². The van der Waals surface area contributed by atoms with Gasteiger partial charge in [0.15, 0.2) is 0 Å². The molecule has 2 aromatic carbocycles. The number of para-hydroxylation sites is 2. The fraction of sp³-hybridized carbons (Fsp3) is 0.0833. The SMILES string of the molecule is Cc1cccc(C)c1-n1c(/C=C/c2cccc3cn[nH]c23)nc2cnccc2c1=O. The van der Waals surface area contributed by atoms with Crippen molar-refractivity contribution in [3.05, 3.63) is 93.9 Å². The van der Waals surface area contributed by atoms with Crippen LogP contribution in [-0.4, -0.2) is 24.7 Å². The maximum absolute atomic E-state index is 13.5. The fourth-order valence-corrected chi connectivity index (χ4v) is 3.84. The summed E-state index contributed by atoms with van der Waals surface area (Å²) < 4.78 is 1.69. The topological polar surface area (TPSA) is 76.5 Å². The Morgan fingerprint density at radius 3 is 2.60 bits per heavy atom. The zero-order chi connectivity index (χ0) is 20.7. The minimum absolute atomic E-state index is 0.112. The molecule has 5 aromatic rings. The molecule has 0 fully saturated rings. The molecule has 6 heteroatoms. The number of benzene rings is 2. The van der Waals surface area contributed by atoms with Crippen LogP contribution in [0.2, 0.25) is 0 Å². The molecule has 0 spiro atoms. The van der Waals surface area contributed by atoms with Crippen molar-refractivity contribution in [3.63, 3.8) is 0 Å². The number of aromatic nitrogens is 5. The molecule has 0 atom stereocenters. The van der Waals surface area contributed by atoms with Gasteiger partial charge in [-0.05, 0) is 43.2 Å². The van der Waals surface area contributed by atoms with E-state index in [1.165, 1.54) is 0 Å². The van der Waals surface area contributed by atoms with Crippen molar-refractivity contribution >= 4 is 34.0 Å². The van der Waals surface area contributed by atoms with E-state index in [0.717, 1.165) is 33.3 Å². The molecule has 0 radical (unpaired) electrons. The predicted octanol–water partition coefficient (Wildman–Crippen LogP) is 4.44. The Morgan fingerprint density at radius 1 is 0.967 bits per heavy atom. The molecule has 0 aliphatic rings. The van der Waals surface area contributed by atoms with Gasteiger partial charge in [0.1, 0.15) is 5.82 Å². The first-order valence-electron chi connectivity index (χ1n) is 9.67. The molecule has 0 bridgehead atoms. The van der Waals surface area contributed by atoms with Crippen LogP contribution in [0.5, 0.6) is 0 Å². The van der Waals surface area contributed by atoms with Crippen molar-refractivity contribution in [3.8, 4) is 5.69 Å². The monoisotopic (exact) mass is 393 g/mol. The number of hydrogen-bond donors (Lipinski definition) is 1. The van der Waals surface area contributed by atoms with Gasteiger partial charge < -0.3 is 0 Å². The summed E-state index contributed by atoms with van der Waals surface area (Å²) in [5.74, 6) is 0.550. The average Bonchev–Trinajstić information content (AvgIpc) is 3.23. The average molecular weight is 393 g/mol. The highest BCUT2D eigenvalue weighted by atomic mass is 16.1. The lowest BCUT2D eigenvalue weighted by Crippen LogP contribution is -2.24. The Kier molecular flexibility index (Phi) is 4.25. The number of rotatable bonds is 3. The van der Waals surface area contributed by atoms with E-state index >= 15 is 0 Å². The Morgan fingerprint density at radius 2 is 1.77 bits per heavy atom. The lowest BCUT2D eigenvalue weighted by atomic mass is 10.1. The van der Waals surface area contributed by atoms with E-state index in [0.29, 0.717) is 16.7 Å². The second-order valence-corrected chi connectivity index (χ2v) is 7.26. The molecule has 3 heterocycles. The smallest absolute Gasteiger partial charge is 0.266 e. The second kappa shape index (κ2) is 7.08. The van der Waals surface area contributed by atoms with E-state index in [9.17, 15) is 4.79 Å². The number of hydrogen-bond acceptors (Lipinski definition) is 4. The van der Waals surface area contributed by atoms with Crippen LogP contribution in [0.3, 0.4) is 0 Å². The Labute approximate surface area is 172 Å². The summed E-state index contributed by atoms with van der Waals surface area (Å²) in [5.41, 5.74) is 5.25. The van der Waals surface area contributed by atoms with Gasteiger partial charge in [-0.25, -0.2) is 4.98 Å². The van der Waals surface area contributed by atoms with Crippen molar-refractivity contribution in [2.45, 2.75) is 13.8 Å². The summed E-state index contributed by atoms with van der Waals surface area (Å²) >= 11 is 0. The van der Waals surface area contributed by atoms with Crippen LogP contribution in [0.15, 0.2) is 65.8 Å². The van der Waals surface area contributed by atoms with Crippen molar-refractivity contribution in [2.24, 2.45) is 0 Å². The highest BCUT2D eigenvalue weighted by Gasteiger charge is 2.14. The third kappa shape index (κ3) is 2.90. The minimum atomic E-state index is -0.112. The number of nitrogens with zero attached hydrogens (tertiary/aromatic N) is 4. The summed E-state index contributed by atoms with van der Waals surface area (Å²) in [7, 11) is 0. The van der Waals surface area contributed by atoms with Crippen molar-refractivity contribution in [1.82, 2.24) is 24.7 Å². The Hall–Kier alpha value is -4.06. The van der Waals surface area contributed by atoms with Gasteiger partial charge in [-0.3, -0.25) is 19.4 Å². The molecule has 0 amide bonds. The number of aryl methyl sites for hydroxylation is 2. The highest BCUT2D eigenvalue weighted by molar-refractivity contribution is 5.89. The fourth-order valence-electron chi connectivity index (χ4n) is 3.84. The van der Waals surface area contributed by atoms with E-state index in [2.05, 4.69) is 15.2 Å². The van der Waals surface area contributed by atoms with Crippen LogP contribution in [-0.2, 0) is 0 Å². The molecule has 0 aliphatic carbocycles. The van der Waals surface area contributed by atoms with Gasteiger partial charge in [-0.1, -0.05) is 36.4 Å². The molecule has 3 aromatic heterocycles. The lowest BCUT2D eigenvalue weighted by molar-refractivity contribution is 0.923. The van der Waals surface area contributed by atoms with E-state index < -0.39 is 0 Å². The van der Waals surface area contributed by atoms with Crippen LogP contribution in [0, 0.1) is 13.8 Å². The second-order valence-electron chi connectivity index (χ2n) is 7.26. The summed E-state index contributed by atoms with van der Waals surface area (Å²) in [6.45, 7) is 4.01. The third-order valence-electron chi connectivity index (χ3n) is 5.28. The van der Waals surface area contributed by atoms with E-state index in [1.54, 1.807) is 29.2 Å². The molecular weight excluding hydrogens is 374 g/mol. The van der Waals surface area contributed by atoms with Gasteiger partial charge in [0.05, 0.1) is 34.5 Å². The van der Waals surface area contributed by atoms with Crippen LogP contribution in [0.4, 0.5) is 0 Å². The quantitative estimate of drug-likeness (QED) is 0.491. The molecule has 6 nitrogen and oxygen atoms in total. The van der Waals surface area contributed by atoms with Gasteiger partial charge in [0.25, 0.3) is 5.56 Å². The van der Waals surface area contributed by atoms with Crippen molar-refractivity contribution in [1.29, 1.82) is 0 Å². The highest BCUT2D eigenvalue weighted by Crippen LogP contribution is 2.22. The predicted molar refractivity (Wildman–Crippen MR) is 120 cm³/mol. The number of fused-ring (bicyclic) bond motifs is 2. The molecule has 146 valence electrons. The number of pyridine rings is 1. The molecule has 1 N–H and O–H groups in total.